The van der Waals surface area contributed by atoms with Crippen LogP contribution in [0.5, 0.6) is 11.5 Å². The molecule has 1 aliphatic rings. The van der Waals surface area contributed by atoms with Gasteiger partial charge >= 0.3 is 0 Å². The molecule has 0 spiro atoms. The van der Waals surface area contributed by atoms with Crippen molar-refractivity contribution in [1.82, 2.24) is 4.90 Å². The van der Waals surface area contributed by atoms with E-state index in [0.717, 1.165) is 11.1 Å². The fourth-order valence-electron chi connectivity index (χ4n) is 3.32. The summed E-state index contributed by atoms with van der Waals surface area (Å²) >= 11 is 1.32. The number of non-ortho nitro benzene ring substituents is 1. The first-order valence-corrected chi connectivity index (χ1v) is 11.1. The molecule has 3 rings (SSSR count). The number of benzene rings is 2. The number of nitro benzene ring substituents is 1. The minimum Gasteiger partial charge on any atom is -0.490 e. The van der Waals surface area contributed by atoms with Crippen LogP contribution >= 0.6 is 11.8 Å². The van der Waals surface area contributed by atoms with Gasteiger partial charge in [0.2, 0.25) is 0 Å². The average molecular weight is 468 g/mol. The van der Waals surface area contributed by atoms with Crippen LogP contribution in [0, 0.1) is 10.1 Å². The Balaban J connectivity index is 1.96. The maximum Gasteiger partial charge on any atom is 0.269 e. The van der Waals surface area contributed by atoms with E-state index in [2.05, 4.69) is 11.6 Å². The van der Waals surface area contributed by atoms with Crippen molar-refractivity contribution >= 4 is 34.6 Å². The number of likely N-dealkylation sites (N-methyl/N-ethyl adjacent to an activating group) is 1. The lowest BCUT2D eigenvalue weighted by Crippen LogP contribution is -2.23. The number of thioether (sulfide) groups is 1. The van der Waals surface area contributed by atoms with Crippen LogP contribution < -0.4 is 9.47 Å². The predicted molar refractivity (Wildman–Crippen MR) is 131 cm³/mol. The van der Waals surface area contributed by atoms with Crippen molar-refractivity contribution < 1.29 is 19.2 Å². The van der Waals surface area contributed by atoms with Crippen molar-refractivity contribution in [3.05, 3.63) is 80.8 Å². The van der Waals surface area contributed by atoms with Crippen molar-refractivity contribution in [2.24, 2.45) is 4.99 Å². The highest BCUT2D eigenvalue weighted by molar-refractivity contribution is 8.18. The average Bonchev–Trinajstić information content (AvgIpc) is 3.07. The Morgan fingerprint density at radius 1 is 1.27 bits per heavy atom. The maximum absolute atomic E-state index is 12.5. The highest BCUT2D eigenvalue weighted by Crippen LogP contribution is 2.37. The van der Waals surface area contributed by atoms with E-state index in [1.165, 1.54) is 28.8 Å². The maximum atomic E-state index is 12.5. The summed E-state index contributed by atoms with van der Waals surface area (Å²) in [5.41, 5.74) is 2.30. The molecule has 33 heavy (non-hydrogen) atoms. The SMILES string of the molecule is C=CCc1cc(/C=C2/SC(=NC)N(C)C2=O)cc(OCC)c1OCc1cccc([N+](=O)[O-])c1. The summed E-state index contributed by atoms with van der Waals surface area (Å²) in [7, 11) is 3.34. The number of hydrogen-bond donors (Lipinski definition) is 0. The molecule has 0 atom stereocenters. The summed E-state index contributed by atoms with van der Waals surface area (Å²) in [6.07, 6.45) is 4.08. The largest absolute Gasteiger partial charge is 0.490 e. The van der Waals surface area contributed by atoms with Gasteiger partial charge < -0.3 is 9.47 Å². The number of rotatable bonds is 9. The van der Waals surface area contributed by atoms with E-state index in [4.69, 9.17) is 9.47 Å². The fourth-order valence-corrected chi connectivity index (χ4v) is 4.24. The standard InChI is InChI=1S/C24H25N3O5S/c1-5-8-18-11-17(14-21-23(28)26(4)24(25-3)33-21)13-20(31-6-2)22(18)32-15-16-9-7-10-19(12-16)27(29)30/h5,7,9-14H,1,6,8,15H2,2-4H3/b21-14+,25-24?. The summed E-state index contributed by atoms with van der Waals surface area (Å²) in [5, 5.41) is 11.7. The van der Waals surface area contributed by atoms with Gasteiger partial charge in [-0.1, -0.05) is 18.2 Å². The zero-order valence-electron chi connectivity index (χ0n) is 18.7. The molecule has 1 heterocycles. The van der Waals surface area contributed by atoms with Crippen molar-refractivity contribution in [2.75, 3.05) is 20.7 Å². The summed E-state index contributed by atoms with van der Waals surface area (Å²) < 4.78 is 11.9. The molecule has 0 aliphatic carbocycles. The molecule has 0 radical (unpaired) electrons. The zero-order valence-corrected chi connectivity index (χ0v) is 19.6. The number of nitro groups is 1. The third kappa shape index (κ3) is 5.61. The molecule has 1 amide bonds. The summed E-state index contributed by atoms with van der Waals surface area (Å²) in [6, 6.07) is 10.1. The van der Waals surface area contributed by atoms with E-state index < -0.39 is 4.92 Å². The normalized spacial score (nSPS) is 15.8. The van der Waals surface area contributed by atoms with Crippen LogP contribution in [0.15, 0.2) is 59.0 Å². The zero-order chi connectivity index (χ0) is 24.0. The number of hydrogen-bond acceptors (Lipinski definition) is 7. The quantitative estimate of drug-likeness (QED) is 0.227. The molecular formula is C24H25N3O5S. The van der Waals surface area contributed by atoms with Gasteiger partial charge in [0.15, 0.2) is 16.7 Å². The molecule has 1 saturated heterocycles. The number of aliphatic imine (C=N–C) groups is 1. The van der Waals surface area contributed by atoms with Gasteiger partial charge in [-0.2, -0.15) is 0 Å². The van der Waals surface area contributed by atoms with Crippen molar-refractivity contribution in [3.63, 3.8) is 0 Å². The van der Waals surface area contributed by atoms with Gasteiger partial charge in [0.25, 0.3) is 11.6 Å². The molecule has 2 aromatic carbocycles. The lowest BCUT2D eigenvalue weighted by molar-refractivity contribution is -0.384. The van der Waals surface area contributed by atoms with Crippen LogP contribution in [0.1, 0.15) is 23.6 Å². The molecule has 0 saturated carbocycles. The molecule has 172 valence electrons. The van der Waals surface area contributed by atoms with E-state index in [1.807, 2.05) is 19.1 Å². The Bertz CT molecular complexity index is 1140. The third-order valence-electron chi connectivity index (χ3n) is 4.82. The summed E-state index contributed by atoms with van der Waals surface area (Å²) in [6.45, 7) is 6.26. The van der Waals surface area contributed by atoms with Crippen molar-refractivity contribution in [2.45, 2.75) is 20.0 Å². The second kappa shape index (κ2) is 10.8. The van der Waals surface area contributed by atoms with Gasteiger partial charge in [0, 0.05) is 31.8 Å². The van der Waals surface area contributed by atoms with Crippen LogP contribution in [-0.2, 0) is 17.8 Å². The molecular weight excluding hydrogens is 442 g/mol. The minimum atomic E-state index is -0.436. The van der Waals surface area contributed by atoms with Gasteiger partial charge in [-0.3, -0.25) is 24.8 Å². The summed E-state index contributed by atoms with van der Waals surface area (Å²) in [5.74, 6) is 0.959. The van der Waals surface area contributed by atoms with Gasteiger partial charge in [-0.25, -0.2) is 0 Å². The van der Waals surface area contributed by atoms with Gasteiger partial charge in [0.1, 0.15) is 6.61 Å². The van der Waals surface area contributed by atoms with Gasteiger partial charge in [-0.15, -0.1) is 6.58 Å². The van der Waals surface area contributed by atoms with E-state index in [0.29, 0.717) is 40.2 Å². The number of nitrogens with zero attached hydrogens (tertiary/aromatic N) is 3. The number of amides is 1. The molecule has 1 fully saturated rings. The van der Waals surface area contributed by atoms with Gasteiger partial charge in [0.05, 0.1) is 16.4 Å². The van der Waals surface area contributed by atoms with Crippen molar-refractivity contribution in [3.8, 4) is 11.5 Å². The number of ether oxygens (including phenoxy) is 2. The lowest BCUT2D eigenvalue weighted by atomic mass is 10.0. The second-order valence-electron chi connectivity index (χ2n) is 7.13. The Morgan fingerprint density at radius 3 is 2.70 bits per heavy atom. The minimum absolute atomic E-state index is 0.00751. The predicted octanol–water partition coefficient (Wildman–Crippen LogP) is 4.83. The van der Waals surface area contributed by atoms with Crippen LogP contribution in [-0.4, -0.2) is 41.6 Å². The molecule has 0 aromatic heterocycles. The molecule has 0 bridgehead atoms. The lowest BCUT2D eigenvalue weighted by Gasteiger charge is -2.17. The Hall–Kier alpha value is -3.59. The van der Waals surface area contributed by atoms with E-state index in [1.54, 1.807) is 38.4 Å². The first kappa shape index (κ1) is 24.1. The number of carbonyl (C=O) groups is 1. The van der Waals surface area contributed by atoms with Crippen LogP contribution in [0.4, 0.5) is 5.69 Å². The van der Waals surface area contributed by atoms with E-state index >= 15 is 0 Å². The van der Waals surface area contributed by atoms with Crippen LogP contribution in [0.25, 0.3) is 6.08 Å². The smallest absolute Gasteiger partial charge is 0.269 e. The second-order valence-corrected chi connectivity index (χ2v) is 8.14. The molecule has 0 unspecified atom stereocenters. The van der Waals surface area contributed by atoms with E-state index in [-0.39, 0.29) is 18.2 Å². The molecule has 2 aromatic rings. The number of carbonyl (C=O) groups excluding carboxylic acids is 1. The third-order valence-corrected chi connectivity index (χ3v) is 5.97. The van der Waals surface area contributed by atoms with E-state index in [9.17, 15) is 14.9 Å². The highest BCUT2D eigenvalue weighted by Gasteiger charge is 2.29. The molecule has 9 heteroatoms. The van der Waals surface area contributed by atoms with Crippen LogP contribution in [0.3, 0.4) is 0 Å². The number of allylic oxidation sites excluding steroid dienone is 1. The Labute approximate surface area is 196 Å². The fraction of sp³-hybridized carbons (Fsp3) is 0.250. The molecule has 1 aliphatic heterocycles. The molecule has 8 nitrogen and oxygen atoms in total. The monoisotopic (exact) mass is 467 g/mol. The Kier molecular flexibility index (Phi) is 7.89. The first-order valence-electron chi connectivity index (χ1n) is 10.3. The molecule has 0 N–H and O–H groups in total. The highest BCUT2D eigenvalue weighted by atomic mass is 32.2. The Morgan fingerprint density at radius 2 is 2.06 bits per heavy atom. The van der Waals surface area contributed by atoms with Crippen molar-refractivity contribution in [1.29, 1.82) is 0 Å². The topological polar surface area (TPSA) is 94.3 Å². The first-order chi connectivity index (χ1) is 15.9. The number of amidine groups is 1. The van der Waals surface area contributed by atoms with Gasteiger partial charge in [-0.05, 0) is 54.4 Å². The summed E-state index contributed by atoms with van der Waals surface area (Å²) in [4.78, 5) is 29.4. The van der Waals surface area contributed by atoms with Crippen LogP contribution in [0.2, 0.25) is 0 Å².